The number of aryl methyl sites for hydroxylation is 1. The van der Waals surface area contributed by atoms with Crippen molar-refractivity contribution < 1.29 is 0 Å². The third kappa shape index (κ3) is 3.56. The SMILES string of the molecule is CC1CCCC(C)C1NCCCn1cccn1. The van der Waals surface area contributed by atoms with E-state index < -0.39 is 0 Å². The van der Waals surface area contributed by atoms with Gasteiger partial charge in [0.15, 0.2) is 0 Å². The summed E-state index contributed by atoms with van der Waals surface area (Å²) in [6.07, 6.45) is 9.23. The zero-order valence-corrected chi connectivity index (χ0v) is 11.1. The molecule has 0 radical (unpaired) electrons. The van der Waals surface area contributed by atoms with Crippen LogP contribution in [0.1, 0.15) is 39.5 Å². The Morgan fingerprint density at radius 2 is 2.06 bits per heavy atom. The Morgan fingerprint density at radius 1 is 1.29 bits per heavy atom. The first-order chi connectivity index (χ1) is 8.27. The van der Waals surface area contributed by atoms with Gasteiger partial charge < -0.3 is 5.32 Å². The van der Waals surface area contributed by atoms with E-state index in [1.54, 1.807) is 0 Å². The number of nitrogens with one attached hydrogen (secondary N) is 1. The third-order valence-electron chi connectivity index (χ3n) is 4.05. The van der Waals surface area contributed by atoms with Gasteiger partial charge in [-0.25, -0.2) is 0 Å². The Kier molecular flexibility index (Phi) is 4.60. The number of hydrogen-bond donors (Lipinski definition) is 1. The van der Waals surface area contributed by atoms with Crippen LogP contribution >= 0.6 is 0 Å². The molecule has 1 fully saturated rings. The van der Waals surface area contributed by atoms with Crippen molar-refractivity contribution in [2.45, 2.75) is 52.1 Å². The maximum absolute atomic E-state index is 4.22. The van der Waals surface area contributed by atoms with E-state index in [4.69, 9.17) is 0 Å². The largest absolute Gasteiger partial charge is 0.313 e. The predicted molar refractivity (Wildman–Crippen MR) is 70.8 cm³/mol. The van der Waals surface area contributed by atoms with E-state index in [0.29, 0.717) is 0 Å². The van der Waals surface area contributed by atoms with Crippen molar-refractivity contribution in [3.8, 4) is 0 Å². The highest BCUT2D eigenvalue weighted by molar-refractivity contribution is 4.83. The van der Waals surface area contributed by atoms with E-state index >= 15 is 0 Å². The molecule has 0 aliphatic heterocycles. The summed E-state index contributed by atoms with van der Waals surface area (Å²) in [5, 5.41) is 7.96. The molecule has 3 heteroatoms. The summed E-state index contributed by atoms with van der Waals surface area (Å²) in [5.74, 6) is 1.67. The van der Waals surface area contributed by atoms with Gasteiger partial charge in [0, 0.05) is 25.0 Å². The highest BCUT2D eigenvalue weighted by Gasteiger charge is 2.26. The van der Waals surface area contributed by atoms with Crippen molar-refractivity contribution in [3.05, 3.63) is 18.5 Å². The second-order valence-corrected chi connectivity index (χ2v) is 5.49. The van der Waals surface area contributed by atoms with Crippen LogP contribution in [0.25, 0.3) is 0 Å². The van der Waals surface area contributed by atoms with Crippen LogP contribution in [-0.2, 0) is 6.54 Å². The molecular formula is C14H25N3. The molecular weight excluding hydrogens is 210 g/mol. The van der Waals surface area contributed by atoms with Gasteiger partial charge in [-0.2, -0.15) is 5.10 Å². The Morgan fingerprint density at radius 3 is 2.71 bits per heavy atom. The van der Waals surface area contributed by atoms with E-state index in [1.807, 2.05) is 23.1 Å². The smallest absolute Gasteiger partial charge is 0.0489 e. The third-order valence-corrected chi connectivity index (χ3v) is 4.05. The Hall–Kier alpha value is -0.830. The Balaban J connectivity index is 1.67. The molecule has 2 unspecified atom stereocenters. The van der Waals surface area contributed by atoms with Gasteiger partial charge in [0.05, 0.1) is 0 Å². The monoisotopic (exact) mass is 235 g/mol. The summed E-state index contributed by atoms with van der Waals surface area (Å²) in [6, 6.07) is 2.71. The number of rotatable bonds is 5. The Labute approximate surface area is 105 Å². The molecule has 96 valence electrons. The fourth-order valence-corrected chi connectivity index (χ4v) is 3.03. The molecule has 0 spiro atoms. The van der Waals surface area contributed by atoms with Gasteiger partial charge in [0.25, 0.3) is 0 Å². The molecule has 2 atom stereocenters. The first-order valence-electron chi connectivity index (χ1n) is 6.98. The number of hydrogen-bond acceptors (Lipinski definition) is 2. The van der Waals surface area contributed by atoms with Crippen LogP contribution in [0.5, 0.6) is 0 Å². The molecule has 1 aromatic rings. The summed E-state index contributed by atoms with van der Waals surface area (Å²) in [7, 11) is 0. The van der Waals surface area contributed by atoms with Crippen LogP contribution < -0.4 is 5.32 Å². The number of nitrogens with zero attached hydrogens (tertiary/aromatic N) is 2. The summed E-state index contributed by atoms with van der Waals surface area (Å²) < 4.78 is 2.01. The van der Waals surface area contributed by atoms with Gasteiger partial charge in [0.2, 0.25) is 0 Å². The standard InChI is InChI=1S/C14H25N3/c1-12-6-3-7-13(2)14(12)15-8-4-10-17-11-5-9-16-17/h5,9,11-15H,3-4,6-8,10H2,1-2H3. The molecule has 0 saturated heterocycles. The summed E-state index contributed by atoms with van der Waals surface area (Å²) >= 11 is 0. The van der Waals surface area contributed by atoms with Crippen LogP contribution in [0.3, 0.4) is 0 Å². The van der Waals surface area contributed by atoms with Crippen molar-refractivity contribution in [2.75, 3.05) is 6.54 Å². The minimum Gasteiger partial charge on any atom is -0.313 e. The summed E-state index contributed by atoms with van der Waals surface area (Å²) in [6.45, 7) is 6.91. The quantitative estimate of drug-likeness (QED) is 0.795. The molecule has 1 N–H and O–H groups in total. The zero-order chi connectivity index (χ0) is 12.1. The maximum Gasteiger partial charge on any atom is 0.0489 e. The molecule has 1 heterocycles. The Bertz CT molecular complexity index is 297. The van der Waals surface area contributed by atoms with Crippen molar-refractivity contribution in [3.63, 3.8) is 0 Å². The minimum absolute atomic E-state index is 0.723. The molecule has 1 aliphatic rings. The van der Waals surface area contributed by atoms with Gasteiger partial charge in [-0.15, -0.1) is 0 Å². The predicted octanol–water partition coefficient (Wildman–Crippen LogP) is 2.69. The van der Waals surface area contributed by atoms with Crippen LogP contribution in [0.4, 0.5) is 0 Å². The van der Waals surface area contributed by atoms with Crippen LogP contribution in [0, 0.1) is 11.8 Å². The van der Waals surface area contributed by atoms with E-state index in [9.17, 15) is 0 Å². The fourth-order valence-electron chi connectivity index (χ4n) is 3.03. The molecule has 0 aromatic carbocycles. The second-order valence-electron chi connectivity index (χ2n) is 5.49. The van der Waals surface area contributed by atoms with Crippen molar-refractivity contribution >= 4 is 0 Å². The van der Waals surface area contributed by atoms with Gasteiger partial charge in [-0.1, -0.05) is 20.3 Å². The fraction of sp³-hybridized carbons (Fsp3) is 0.786. The highest BCUT2D eigenvalue weighted by atomic mass is 15.3. The van der Waals surface area contributed by atoms with Crippen LogP contribution in [0.15, 0.2) is 18.5 Å². The van der Waals surface area contributed by atoms with Crippen molar-refractivity contribution in [2.24, 2.45) is 11.8 Å². The van der Waals surface area contributed by atoms with E-state index in [-0.39, 0.29) is 0 Å². The lowest BCUT2D eigenvalue weighted by atomic mass is 9.79. The summed E-state index contributed by atoms with van der Waals surface area (Å²) in [5.41, 5.74) is 0. The minimum atomic E-state index is 0.723. The highest BCUT2D eigenvalue weighted by Crippen LogP contribution is 2.28. The summed E-state index contributed by atoms with van der Waals surface area (Å²) in [4.78, 5) is 0. The zero-order valence-electron chi connectivity index (χ0n) is 11.1. The lowest BCUT2D eigenvalue weighted by Crippen LogP contribution is -2.43. The molecule has 17 heavy (non-hydrogen) atoms. The van der Waals surface area contributed by atoms with Gasteiger partial charge in [-0.05, 0) is 43.7 Å². The molecule has 3 nitrogen and oxygen atoms in total. The lowest BCUT2D eigenvalue weighted by molar-refractivity contribution is 0.208. The lowest BCUT2D eigenvalue weighted by Gasteiger charge is -2.35. The van der Waals surface area contributed by atoms with Crippen molar-refractivity contribution in [1.29, 1.82) is 0 Å². The van der Waals surface area contributed by atoms with Crippen LogP contribution in [-0.4, -0.2) is 22.4 Å². The topological polar surface area (TPSA) is 29.9 Å². The molecule has 1 saturated carbocycles. The normalized spacial score (nSPS) is 29.4. The molecule has 2 rings (SSSR count). The average Bonchev–Trinajstić information content (AvgIpc) is 2.80. The van der Waals surface area contributed by atoms with Crippen molar-refractivity contribution in [1.82, 2.24) is 15.1 Å². The van der Waals surface area contributed by atoms with E-state index in [1.165, 1.54) is 19.3 Å². The maximum atomic E-state index is 4.22. The average molecular weight is 235 g/mol. The molecule has 1 aliphatic carbocycles. The first-order valence-corrected chi connectivity index (χ1v) is 6.98. The van der Waals surface area contributed by atoms with E-state index in [2.05, 4.69) is 24.3 Å². The van der Waals surface area contributed by atoms with Gasteiger partial charge in [0.1, 0.15) is 0 Å². The molecule has 0 bridgehead atoms. The molecule has 1 aromatic heterocycles. The first kappa shape index (κ1) is 12.6. The van der Waals surface area contributed by atoms with Gasteiger partial charge in [-0.3, -0.25) is 4.68 Å². The molecule has 0 amide bonds. The number of aromatic nitrogens is 2. The van der Waals surface area contributed by atoms with E-state index in [0.717, 1.165) is 37.4 Å². The second kappa shape index (κ2) is 6.20. The van der Waals surface area contributed by atoms with Gasteiger partial charge >= 0.3 is 0 Å². The van der Waals surface area contributed by atoms with Crippen LogP contribution in [0.2, 0.25) is 0 Å².